The lowest BCUT2D eigenvalue weighted by Crippen LogP contribution is -2.37. The molecular weight excluding hydrogens is 673 g/mol. The minimum absolute atomic E-state index is 0.121. The number of ether oxygens (including phenoxy) is 2. The second-order valence-corrected chi connectivity index (χ2v) is 17.3. The first-order valence-electron chi connectivity index (χ1n) is 21.2. The summed E-state index contributed by atoms with van der Waals surface area (Å²) in [6.45, 7) is 5.17. The van der Waals surface area contributed by atoms with Crippen LogP contribution in [0.3, 0.4) is 0 Å². The van der Waals surface area contributed by atoms with Crippen molar-refractivity contribution in [1.29, 1.82) is 0 Å². The van der Waals surface area contributed by atoms with Gasteiger partial charge in [0.05, 0.1) is 27.7 Å². The van der Waals surface area contributed by atoms with E-state index in [0.29, 0.717) is 17.4 Å². The number of carbonyl (C=O) groups excluding carboxylic acids is 2. The lowest BCUT2D eigenvalue weighted by atomic mass is 10.0. The summed E-state index contributed by atoms with van der Waals surface area (Å²) < 4.78 is 23.0. The van der Waals surface area contributed by atoms with Crippen LogP contribution in [0, 0.1) is 0 Å². The fourth-order valence-electron chi connectivity index (χ4n) is 5.68. The van der Waals surface area contributed by atoms with Crippen LogP contribution in [-0.2, 0) is 28.1 Å². The molecule has 0 spiro atoms. The molecule has 0 heterocycles. The number of hydrogen-bond donors (Lipinski definition) is 1. The van der Waals surface area contributed by atoms with E-state index in [9.17, 15) is 14.5 Å². The molecule has 0 bridgehead atoms. The molecule has 0 aliphatic heterocycles. The highest BCUT2D eigenvalue weighted by atomic mass is 31.2. The van der Waals surface area contributed by atoms with Gasteiger partial charge in [-0.15, -0.1) is 0 Å². The third-order valence-electron chi connectivity index (χ3n) is 9.06. The molecule has 0 amide bonds. The molecule has 2 atom stereocenters. The maximum Gasteiger partial charge on any atom is 0.306 e. The topological polar surface area (TPSA) is 91.3 Å². The van der Waals surface area contributed by atoms with Crippen molar-refractivity contribution < 1.29 is 37.5 Å². The molecule has 0 rings (SSSR count). The SMILES string of the molecule is C=P(O)(OCC[N+](C)(C)C)OCC(COC(=O)CCCCCCCCCCCCCCC)OC(=O)CCCCCCC/C=C\C/C=C\CCCCC. The molecule has 0 aromatic carbocycles. The number of esters is 2. The third kappa shape index (κ3) is 38.3. The number of likely N-dealkylation sites (N-methyl/N-ethyl adjacent to an activating group) is 1. The van der Waals surface area contributed by atoms with Crippen molar-refractivity contribution in [2.75, 3.05) is 47.5 Å². The number of unbranched alkanes of at least 4 members (excludes halogenated alkanes) is 20. The summed E-state index contributed by atoms with van der Waals surface area (Å²) in [6.07, 6.45) is 41.0. The third-order valence-corrected chi connectivity index (χ3v) is 10.2. The highest BCUT2D eigenvalue weighted by molar-refractivity contribution is 7.58. The molecule has 0 saturated carbocycles. The van der Waals surface area contributed by atoms with E-state index in [2.05, 4.69) is 44.5 Å². The zero-order valence-electron chi connectivity index (χ0n) is 34.6. The van der Waals surface area contributed by atoms with E-state index in [-0.39, 0.29) is 38.2 Å². The molecule has 306 valence electrons. The lowest BCUT2D eigenvalue weighted by Gasteiger charge is -2.26. The summed E-state index contributed by atoms with van der Waals surface area (Å²) in [5.74, 6) is -0.666. The van der Waals surface area contributed by atoms with Gasteiger partial charge in [-0.05, 0) is 51.2 Å². The molecule has 0 aliphatic carbocycles. The first kappa shape index (κ1) is 50.6. The minimum atomic E-state index is -3.37. The summed E-state index contributed by atoms with van der Waals surface area (Å²) in [6, 6.07) is 0. The molecule has 1 N–H and O–H groups in total. The summed E-state index contributed by atoms with van der Waals surface area (Å²) >= 11 is 0. The molecular formula is C43H83NO7P+. The molecule has 0 fully saturated rings. The van der Waals surface area contributed by atoms with Crippen molar-refractivity contribution in [1.82, 2.24) is 0 Å². The van der Waals surface area contributed by atoms with E-state index >= 15 is 0 Å². The Morgan fingerprint density at radius 1 is 0.615 bits per heavy atom. The van der Waals surface area contributed by atoms with Crippen LogP contribution >= 0.6 is 7.57 Å². The highest BCUT2D eigenvalue weighted by Gasteiger charge is 2.22. The van der Waals surface area contributed by atoms with E-state index in [4.69, 9.17) is 18.5 Å². The van der Waals surface area contributed by atoms with Crippen molar-refractivity contribution in [3.8, 4) is 0 Å². The van der Waals surface area contributed by atoms with Crippen LogP contribution in [0.25, 0.3) is 0 Å². The Hall–Kier alpha value is -1.44. The normalized spacial score (nSPS) is 13.9. The van der Waals surface area contributed by atoms with Gasteiger partial charge in [0.2, 0.25) is 7.57 Å². The number of carbonyl (C=O) groups is 2. The smallest absolute Gasteiger partial charge is 0.306 e. The largest absolute Gasteiger partial charge is 0.462 e. The second-order valence-electron chi connectivity index (χ2n) is 15.5. The van der Waals surface area contributed by atoms with E-state index < -0.39 is 13.7 Å². The average molecular weight is 757 g/mol. The van der Waals surface area contributed by atoms with E-state index in [1.807, 2.05) is 21.1 Å². The summed E-state index contributed by atoms with van der Waals surface area (Å²) in [7, 11) is 2.71. The van der Waals surface area contributed by atoms with Crippen molar-refractivity contribution in [2.45, 2.75) is 187 Å². The van der Waals surface area contributed by atoms with E-state index in [1.165, 1.54) is 89.9 Å². The van der Waals surface area contributed by atoms with Gasteiger partial charge in [0, 0.05) is 12.8 Å². The van der Waals surface area contributed by atoms with Crippen LogP contribution in [0.15, 0.2) is 24.3 Å². The van der Waals surface area contributed by atoms with E-state index in [0.717, 1.165) is 64.2 Å². The van der Waals surface area contributed by atoms with Gasteiger partial charge in [0.25, 0.3) is 0 Å². The molecule has 2 unspecified atom stereocenters. The van der Waals surface area contributed by atoms with Gasteiger partial charge >= 0.3 is 11.9 Å². The van der Waals surface area contributed by atoms with Gasteiger partial charge in [0.15, 0.2) is 6.10 Å². The van der Waals surface area contributed by atoms with Crippen molar-refractivity contribution in [3.63, 3.8) is 0 Å². The number of allylic oxidation sites excluding steroid dienone is 4. The predicted molar refractivity (Wildman–Crippen MR) is 222 cm³/mol. The van der Waals surface area contributed by atoms with Gasteiger partial charge in [-0.1, -0.05) is 147 Å². The summed E-state index contributed by atoms with van der Waals surface area (Å²) in [5, 5.41) is 0. The Labute approximate surface area is 321 Å². The van der Waals surface area contributed by atoms with E-state index in [1.54, 1.807) is 0 Å². The molecule has 8 nitrogen and oxygen atoms in total. The zero-order chi connectivity index (χ0) is 38.6. The first-order chi connectivity index (χ1) is 25.0. The summed E-state index contributed by atoms with van der Waals surface area (Å²) in [5.41, 5.74) is 0. The number of hydrogen-bond acceptors (Lipinski definition) is 7. The Morgan fingerprint density at radius 3 is 1.58 bits per heavy atom. The standard InChI is InChI=1S/C43H83NO7P/c1-7-9-11-13-15-17-19-21-22-24-26-28-30-32-34-36-43(46)51-41(40-50-52(6,47)49-38-37-44(3,4)5)39-48-42(45)35-33-31-29-27-25-23-20-18-16-14-12-10-8-2/h15,17,21-22,41,47H,6-14,16,18-20,23-40H2,1-5H3/q+1/b17-15-,22-21-. The predicted octanol–water partition coefficient (Wildman–Crippen LogP) is 11.7. The quantitative estimate of drug-likeness (QED) is 0.0220. The fourth-order valence-corrected chi connectivity index (χ4v) is 6.52. The monoisotopic (exact) mass is 757 g/mol. The van der Waals surface area contributed by atoms with Crippen LogP contribution in [0.2, 0.25) is 0 Å². The Bertz CT molecular complexity index is 946. The van der Waals surface area contributed by atoms with Gasteiger partial charge in [-0.25, -0.2) is 0 Å². The number of quaternary nitrogens is 1. The molecule has 9 heteroatoms. The molecule has 0 aromatic heterocycles. The fraction of sp³-hybridized carbons (Fsp3) is 0.837. The lowest BCUT2D eigenvalue weighted by molar-refractivity contribution is -0.870. The molecule has 0 saturated heterocycles. The second kappa shape index (κ2) is 35.3. The Kier molecular flexibility index (Phi) is 34.3. The maximum atomic E-state index is 12.7. The molecule has 0 aliphatic rings. The first-order valence-corrected chi connectivity index (χ1v) is 23.0. The van der Waals surface area contributed by atoms with Crippen LogP contribution in [0.1, 0.15) is 181 Å². The van der Waals surface area contributed by atoms with Gasteiger partial charge < -0.3 is 27.9 Å². The Balaban J connectivity index is 4.41. The van der Waals surface area contributed by atoms with Crippen molar-refractivity contribution >= 4 is 25.8 Å². The van der Waals surface area contributed by atoms with Crippen molar-refractivity contribution in [3.05, 3.63) is 24.3 Å². The van der Waals surface area contributed by atoms with Crippen LogP contribution in [0.4, 0.5) is 0 Å². The number of nitrogens with zero attached hydrogens (tertiary/aromatic N) is 1. The Morgan fingerprint density at radius 2 is 1.06 bits per heavy atom. The van der Waals surface area contributed by atoms with Gasteiger partial charge in [-0.3, -0.25) is 9.59 Å². The number of rotatable bonds is 38. The molecule has 0 radical (unpaired) electrons. The van der Waals surface area contributed by atoms with Crippen LogP contribution < -0.4 is 0 Å². The average Bonchev–Trinajstić information content (AvgIpc) is 3.09. The zero-order valence-corrected chi connectivity index (χ0v) is 35.5. The highest BCUT2D eigenvalue weighted by Crippen LogP contribution is 2.42. The maximum absolute atomic E-state index is 12.7. The van der Waals surface area contributed by atoms with Gasteiger partial charge in [0.1, 0.15) is 19.8 Å². The molecule has 52 heavy (non-hydrogen) atoms. The minimum Gasteiger partial charge on any atom is -0.462 e. The van der Waals surface area contributed by atoms with Crippen LogP contribution in [-0.4, -0.2) is 81.2 Å². The van der Waals surface area contributed by atoms with Gasteiger partial charge in [-0.2, -0.15) is 0 Å². The van der Waals surface area contributed by atoms with Crippen molar-refractivity contribution in [2.24, 2.45) is 0 Å². The van der Waals surface area contributed by atoms with Crippen LogP contribution in [0.5, 0.6) is 0 Å². The molecule has 0 aromatic rings. The summed E-state index contributed by atoms with van der Waals surface area (Å²) in [4.78, 5) is 35.8.